The predicted molar refractivity (Wildman–Crippen MR) is 205 cm³/mol. The van der Waals surface area contributed by atoms with Crippen LogP contribution in [0.3, 0.4) is 0 Å². The van der Waals surface area contributed by atoms with E-state index in [4.69, 9.17) is 31.8 Å². The van der Waals surface area contributed by atoms with E-state index in [1.54, 1.807) is 11.0 Å². The fourth-order valence-electron chi connectivity index (χ4n) is 9.30. The Balaban J connectivity index is 0.00000229. The number of hydrogen-bond acceptors (Lipinski definition) is 12. The van der Waals surface area contributed by atoms with Crippen molar-refractivity contribution in [3.05, 3.63) is 42.0 Å². The summed E-state index contributed by atoms with van der Waals surface area (Å²) in [5.74, 6) is -1.57. The van der Waals surface area contributed by atoms with Crippen LogP contribution in [0.5, 0.6) is 17.6 Å². The molecule has 5 unspecified atom stereocenters. The molecule has 2 aromatic carbocycles. The first-order chi connectivity index (χ1) is 26.4. The summed E-state index contributed by atoms with van der Waals surface area (Å²) in [5, 5.41) is 34.4. The summed E-state index contributed by atoms with van der Waals surface area (Å²) >= 11 is 0. The number of fused-ring (bicyclic) bond motifs is 3. The summed E-state index contributed by atoms with van der Waals surface area (Å²) in [6.07, 6.45) is 3.73. The number of benzene rings is 2. The van der Waals surface area contributed by atoms with Gasteiger partial charge in [-0.2, -0.15) is 9.97 Å². The molecule has 5 atom stereocenters. The number of methoxy groups -OCH3 is 1. The van der Waals surface area contributed by atoms with Crippen molar-refractivity contribution in [2.75, 3.05) is 58.1 Å². The van der Waals surface area contributed by atoms with Crippen molar-refractivity contribution < 1.29 is 43.0 Å². The van der Waals surface area contributed by atoms with Crippen LogP contribution in [0, 0.1) is 17.0 Å². The Kier molecular flexibility index (Phi) is 11.1. The first-order valence-electron chi connectivity index (χ1n) is 19.4. The number of nitrogens with zero attached hydrogens (tertiary/aromatic N) is 5. The molecule has 1 aliphatic carbocycles. The lowest BCUT2D eigenvalue weighted by Crippen LogP contribution is -2.71. The van der Waals surface area contributed by atoms with Crippen molar-refractivity contribution in [2.45, 2.75) is 89.1 Å². The minimum atomic E-state index is -1.25. The van der Waals surface area contributed by atoms with Gasteiger partial charge in [-0.15, -0.1) is 0 Å². The third kappa shape index (κ3) is 6.96. The first kappa shape index (κ1) is 39.4. The number of aromatic hydroxyl groups is 1. The fraction of sp³-hybridized carbons (Fsp3) is 0.575. The highest BCUT2D eigenvalue weighted by atomic mass is 19.1. The molecule has 15 heteroatoms. The van der Waals surface area contributed by atoms with E-state index in [9.17, 15) is 15.3 Å². The molecule has 0 amide bonds. The summed E-state index contributed by atoms with van der Waals surface area (Å²) < 4.78 is 56.1. The minimum Gasteiger partial charge on any atom is -0.508 e. The summed E-state index contributed by atoms with van der Waals surface area (Å²) in [7, 11) is 8.44. The van der Waals surface area contributed by atoms with Crippen molar-refractivity contribution in [1.82, 2.24) is 19.9 Å². The van der Waals surface area contributed by atoms with Crippen LogP contribution in [-0.2, 0) is 9.47 Å². The van der Waals surface area contributed by atoms with Crippen LogP contribution in [0.15, 0.2) is 30.3 Å². The Bertz CT molecular complexity index is 2050. The molecular weight excluding hydrogens is 711 g/mol. The molecule has 12 nitrogen and oxygen atoms in total. The number of pyridine rings is 1. The molecular formula is C40H50BF2N5O7. The van der Waals surface area contributed by atoms with Crippen molar-refractivity contribution in [3.8, 4) is 28.9 Å². The molecule has 55 heavy (non-hydrogen) atoms. The standard InChI is InChI=1S/C38H44BF2N5O7.C2H6/c1-22-18-37(39,11-14-52-22)46-12-5-9-36(8-4-10-38(36,46)49)21-53-35-43-32-29(33(44-35)45-13-15-51-20-25(48)19-45)34(50-2)42-31(30(32)41)26-17-24(47)16-23-6-3-7-27(40)28(23)26;1-2/h3,6-7,16-17,22,25,47-49H,4-5,8-15,18-21H2,1-2H3;1-2H3. The van der Waals surface area contributed by atoms with Gasteiger partial charge in [0.2, 0.25) is 5.88 Å². The maximum absolute atomic E-state index is 17.1. The van der Waals surface area contributed by atoms with Gasteiger partial charge in [-0.1, -0.05) is 26.0 Å². The molecule has 2 radical (unpaired) electrons. The zero-order chi connectivity index (χ0) is 39.1. The molecule has 2 aromatic heterocycles. The zero-order valence-electron chi connectivity index (χ0n) is 32.0. The largest absolute Gasteiger partial charge is 0.508 e. The number of aliphatic hydroxyl groups is 2. The van der Waals surface area contributed by atoms with Gasteiger partial charge in [0.15, 0.2) is 5.82 Å². The average molecular weight is 762 g/mol. The number of aliphatic hydroxyl groups excluding tert-OH is 1. The number of likely N-dealkylation sites (tertiary alicyclic amines) is 1. The Hall–Kier alpha value is -3.89. The number of ether oxygens (including phenoxy) is 4. The van der Waals surface area contributed by atoms with E-state index in [0.29, 0.717) is 57.2 Å². The highest BCUT2D eigenvalue weighted by Gasteiger charge is 2.62. The van der Waals surface area contributed by atoms with Gasteiger partial charge >= 0.3 is 6.01 Å². The average Bonchev–Trinajstić information content (AvgIpc) is 3.37. The van der Waals surface area contributed by atoms with Gasteiger partial charge < -0.3 is 39.2 Å². The maximum Gasteiger partial charge on any atom is 0.319 e. The van der Waals surface area contributed by atoms with Crippen LogP contribution < -0.4 is 14.4 Å². The van der Waals surface area contributed by atoms with E-state index in [0.717, 1.165) is 12.8 Å². The van der Waals surface area contributed by atoms with Crippen LogP contribution in [0.1, 0.15) is 65.7 Å². The second-order valence-corrected chi connectivity index (χ2v) is 15.1. The SMILES string of the molecule is CC.[B]C1(N2CCCC3(COc4nc(N5CCOCC(O)C5)c5c(OC)nc(-c6cc(O)cc7cccc(F)c67)c(F)c5n4)CCCC23O)CCOC(C)C1. The quantitative estimate of drug-likeness (QED) is 0.206. The number of halogens is 2. The van der Waals surface area contributed by atoms with Crippen molar-refractivity contribution >= 4 is 35.3 Å². The topological polar surface area (TPSA) is 143 Å². The third-order valence-electron chi connectivity index (χ3n) is 11.7. The van der Waals surface area contributed by atoms with E-state index in [1.807, 2.05) is 20.8 Å². The summed E-state index contributed by atoms with van der Waals surface area (Å²) in [5.41, 5.74) is -3.20. The number of aromatic nitrogens is 3. The lowest BCUT2D eigenvalue weighted by molar-refractivity contribution is -0.241. The molecule has 3 aliphatic heterocycles. The molecule has 1 saturated carbocycles. The van der Waals surface area contributed by atoms with Crippen LogP contribution in [0.2, 0.25) is 0 Å². The van der Waals surface area contributed by atoms with E-state index < -0.39 is 34.3 Å². The van der Waals surface area contributed by atoms with E-state index >= 15 is 8.78 Å². The molecule has 3 N–H and O–H groups in total. The monoisotopic (exact) mass is 761 g/mol. The first-order valence-corrected chi connectivity index (χ1v) is 19.4. The van der Waals surface area contributed by atoms with Crippen molar-refractivity contribution in [3.63, 3.8) is 0 Å². The molecule has 4 aromatic rings. The Morgan fingerprint density at radius 1 is 1.02 bits per heavy atom. The zero-order valence-corrected chi connectivity index (χ0v) is 32.0. The lowest BCUT2D eigenvalue weighted by Gasteiger charge is -2.60. The number of piperidine rings is 1. The maximum atomic E-state index is 17.1. The highest BCUT2D eigenvalue weighted by molar-refractivity contribution is 6.15. The number of phenols is 1. The van der Waals surface area contributed by atoms with Gasteiger partial charge in [0.05, 0.1) is 40.4 Å². The van der Waals surface area contributed by atoms with E-state index in [2.05, 4.69) is 14.9 Å². The molecule has 294 valence electrons. The number of β-amino-alcohol motifs (C(OH)–C–C–N with tert-alkyl or cyclic N) is 1. The number of hydrogen-bond donors (Lipinski definition) is 3. The summed E-state index contributed by atoms with van der Waals surface area (Å²) in [6.45, 7) is 7.97. The third-order valence-corrected chi connectivity index (χ3v) is 11.7. The van der Waals surface area contributed by atoms with Crippen LogP contribution >= 0.6 is 0 Å². The molecule has 4 fully saturated rings. The molecule has 4 aliphatic rings. The second kappa shape index (κ2) is 15.6. The second-order valence-electron chi connectivity index (χ2n) is 15.1. The van der Waals surface area contributed by atoms with Gasteiger partial charge in [0.1, 0.15) is 46.3 Å². The molecule has 0 spiro atoms. The van der Waals surface area contributed by atoms with Crippen LogP contribution in [0.4, 0.5) is 14.6 Å². The van der Waals surface area contributed by atoms with Gasteiger partial charge in [-0.25, -0.2) is 13.8 Å². The number of phenolic OH excluding ortho intramolecular Hbond substituents is 1. The van der Waals surface area contributed by atoms with Gasteiger partial charge in [0.25, 0.3) is 0 Å². The van der Waals surface area contributed by atoms with Gasteiger partial charge in [0, 0.05) is 42.6 Å². The van der Waals surface area contributed by atoms with Crippen LogP contribution in [0.25, 0.3) is 32.9 Å². The Labute approximate surface area is 321 Å². The lowest BCUT2D eigenvalue weighted by atomic mass is 9.63. The van der Waals surface area contributed by atoms with Crippen molar-refractivity contribution in [1.29, 1.82) is 0 Å². The smallest absolute Gasteiger partial charge is 0.319 e. The minimum absolute atomic E-state index is 0.00683. The molecule has 5 heterocycles. The summed E-state index contributed by atoms with van der Waals surface area (Å²) in [6, 6.07) is 6.86. The Morgan fingerprint density at radius 2 is 1.82 bits per heavy atom. The van der Waals surface area contributed by atoms with E-state index in [1.165, 1.54) is 31.4 Å². The van der Waals surface area contributed by atoms with Gasteiger partial charge in [-0.3, -0.25) is 4.90 Å². The molecule has 0 bridgehead atoms. The normalized spacial score (nSPS) is 28.7. The number of rotatable bonds is 7. The van der Waals surface area contributed by atoms with Crippen LogP contribution in [-0.4, -0.2) is 120 Å². The summed E-state index contributed by atoms with van der Waals surface area (Å²) in [4.78, 5) is 17.7. The predicted octanol–water partition coefficient (Wildman–Crippen LogP) is 5.46. The highest BCUT2D eigenvalue weighted by Crippen LogP contribution is 2.56. The molecule has 3 saturated heterocycles. The fourth-order valence-corrected chi connectivity index (χ4v) is 9.30. The van der Waals surface area contributed by atoms with Crippen molar-refractivity contribution in [2.24, 2.45) is 5.41 Å². The molecule has 8 rings (SSSR count). The number of anilines is 1. The Morgan fingerprint density at radius 3 is 2.60 bits per heavy atom. The van der Waals surface area contributed by atoms with Gasteiger partial charge in [-0.05, 0) is 80.9 Å². The van der Waals surface area contributed by atoms with E-state index in [-0.39, 0.29) is 83.5 Å².